The van der Waals surface area contributed by atoms with Crippen molar-refractivity contribution in [3.63, 3.8) is 0 Å². The summed E-state index contributed by atoms with van der Waals surface area (Å²) in [5.74, 6) is 0. The Labute approximate surface area is 112 Å². The second-order valence-electron chi connectivity index (χ2n) is 0. The van der Waals surface area contributed by atoms with Gasteiger partial charge in [-0.1, -0.05) is 55.4 Å². The van der Waals surface area contributed by atoms with E-state index in [2.05, 4.69) is 0 Å². The molecule has 0 aliphatic rings. The molecule has 12 heavy (non-hydrogen) atoms. The molecule has 0 unspecified atom stereocenters. The summed E-state index contributed by atoms with van der Waals surface area (Å²) in [5.41, 5.74) is 0. The zero-order valence-corrected chi connectivity index (χ0v) is 15.1. The topological polar surface area (TPSA) is 35.0 Å². The molecule has 0 saturated heterocycles. The Hall–Kier alpha value is 1.40. The molecule has 0 aliphatic carbocycles. The van der Waals surface area contributed by atoms with Gasteiger partial charge in [-0.05, 0) is 0 Å². The average molecular weight is 380 g/mol. The van der Waals surface area contributed by atoms with Crippen LogP contribution < -0.4 is 6.15 Å². The van der Waals surface area contributed by atoms with Crippen LogP contribution in [0.5, 0.6) is 0 Å². The van der Waals surface area contributed by atoms with Crippen LogP contribution in [0.2, 0.25) is 0 Å². The minimum absolute atomic E-state index is 0. The van der Waals surface area contributed by atoms with E-state index in [0.717, 1.165) is 0 Å². The van der Waals surface area contributed by atoms with E-state index in [1.165, 1.54) is 0 Å². The summed E-state index contributed by atoms with van der Waals surface area (Å²) in [6, 6.07) is 0. The highest BCUT2D eigenvalue weighted by atomic mass is 79.9. The van der Waals surface area contributed by atoms with Crippen LogP contribution in [-0.2, 0) is 0 Å². The quantitative estimate of drug-likeness (QED) is 0.550. The molecule has 0 bridgehead atoms. The number of hydrogen-bond acceptors (Lipinski definition) is 1. The minimum atomic E-state index is 0. The molecule has 88 valence electrons. The van der Waals surface area contributed by atoms with E-state index in [1.807, 2.05) is 55.4 Å². The van der Waals surface area contributed by atoms with Crippen molar-refractivity contribution in [3.05, 3.63) is 0 Å². The zero-order chi connectivity index (χ0) is 8.00. The van der Waals surface area contributed by atoms with Crippen LogP contribution in [0.15, 0.2) is 0 Å². The molecule has 0 fully saturated rings. The molecule has 0 heterocycles. The lowest BCUT2D eigenvalue weighted by Crippen LogP contribution is -0.856. The van der Waals surface area contributed by atoms with Crippen molar-refractivity contribution in [2.45, 2.75) is 55.4 Å². The first-order valence-electron chi connectivity index (χ1n) is 4.00. The van der Waals surface area contributed by atoms with Crippen LogP contribution in [0.1, 0.15) is 55.4 Å². The van der Waals surface area contributed by atoms with Gasteiger partial charge in [0.15, 0.2) is 0 Å². The van der Waals surface area contributed by atoms with Gasteiger partial charge in [0.05, 0.1) is 0 Å². The number of halogens is 3. The molecule has 0 spiro atoms. The maximum atomic E-state index is 2.00. The van der Waals surface area contributed by atoms with Gasteiger partial charge < -0.3 is 6.15 Å². The fourth-order valence-corrected chi connectivity index (χ4v) is 0. The second kappa shape index (κ2) is 822. The van der Waals surface area contributed by atoms with E-state index in [1.54, 1.807) is 0 Å². The standard InChI is InChI=1S/4C2H6.3BrH.H3N/c4*1-2;;;;/h4*1-2H3;3*1H;1H3. The maximum absolute atomic E-state index is 2.00. The van der Waals surface area contributed by atoms with Gasteiger partial charge in [0.25, 0.3) is 0 Å². The fourth-order valence-electron chi connectivity index (χ4n) is 0. The van der Waals surface area contributed by atoms with Crippen LogP contribution in [0, 0.1) is 0 Å². The van der Waals surface area contributed by atoms with Gasteiger partial charge in [-0.3, -0.25) is 0 Å². The maximum Gasteiger partial charge on any atom is -0.0683 e. The molecule has 0 radical (unpaired) electrons. The van der Waals surface area contributed by atoms with Crippen molar-refractivity contribution in [1.82, 2.24) is 6.15 Å². The van der Waals surface area contributed by atoms with Crippen molar-refractivity contribution in [2.24, 2.45) is 0 Å². The largest absolute Gasteiger partial charge is 0.344 e. The minimum Gasteiger partial charge on any atom is -0.344 e. The van der Waals surface area contributed by atoms with Gasteiger partial charge >= 0.3 is 0 Å². The third-order valence-electron chi connectivity index (χ3n) is 0. The molecule has 1 nitrogen and oxygen atoms in total. The summed E-state index contributed by atoms with van der Waals surface area (Å²) < 4.78 is 0. The second-order valence-corrected chi connectivity index (χ2v) is 0. The van der Waals surface area contributed by atoms with Gasteiger partial charge in [0, 0.05) is 0 Å². The van der Waals surface area contributed by atoms with Crippen molar-refractivity contribution >= 4 is 50.9 Å². The smallest absolute Gasteiger partial charge is 0.0683 e. The summed E-state index contributed by atoms with van der Waals surface area (Å²) in [6.45, 7) is 16.0. The van der Waals surface area contributed by atoms with Crippen molar-refractivity contribution in [1.29, 1.82) is 0 Å². The van der Waals surface area contributed by atoms with Gasteiger partial charge in [-0.15, -0.1) is 50.9 Å². The molecular formula is C8H30Br3N. The van der Waals surface area contributed by atoms with Gasteiger partial charge in [-0.2, -0.15) is 0 Å². The lowest BCUT2D eigenvalue weighted by molar-refractivity contribution is 1.50. The molecule has 0 aromatic rings. The molecule has 0 saturated carbocycles. The van der Waals surface area contributed by atoms with Crippen LogP contribution in [-0.4, -0.2) is 0 Å². The summed E-state index contributed by atoms with van der Waals surface area (Å²) in [6.07, 6.45) is 0. The third-order valence-corrected chi connectivity index (χ3v) is 0. The lowest BCUT2D eigenvalue weighted by Gasteiger charge is -1.07. The van der Waals surface area contributed by atoms with E-state index in [0.29, 0.717) is 0 Å². The Balaban J connectivity index is -0.00000000267. The Morgan fingerprint density at radius 2 is 0.333 bits per heavy atom. The van der Waals surface area contributed by atoms with E-state index in [4.69, 9.17) is 0 Å². The van der Waals surface area contributed by atoms with E-state index in [-0.39, 0.29) is 57.1 Å². The summed E-state index contributed by atoms with van der Waals surface area (Å²) in [5, 5.41) is 0. The SMILES string of the molecule is Br.Br.Br.CC.CC.CC.CC.N. The normalized spacial score (nSPS) is 2.00. The van der Waals surface area contributed by atoms with E-state index < -0.39 is 0 Å². The number of rotatable bonds is 0. The Kier molecular flexibility index (Phi) is 4840. The van der Waals surface area contributed by atoms with Crippen molar-refractivity contribution in [2.75, 3.05) is 0 Å². The summed E-state index contributed by atoms with van der Waals surface area (Å²) in [7, 11) is 0. The van der Waals surface area contributed by atoms with E-state index >= 15 is 0 Å². The van der Waals surface area contributed by atoms with Gasteiger partial charge in [0.1, 0.15) is 0 Å². The molecule has 3 N–H and O–H groups in total. The monoisotopic (exact) mass is 377 g/mol. The molecular weight excluding hydrogens is 350 g/mol. The molecule has 0 aliphatic heterocycles. The van der Waals surface area contributed by atoms with E-state index in [9.17, 15) is 0 Å². The zero-order valence-electron chi connectivity index (χ0n) is 9.93. The van der Waals surface area contributed by atoms with Gasteiger partial charge in [-0.25, -0.2) is 0 Å². The predicted octanol–water partition coefficient (Wildman–Crippen LogP) is 6.00. The molecule has 0 aromatic heterocycles. The van der Waals surface area contributed by atoms with Gasteiger partial charge in [0.2, 0.25) is 0 Å². The first-order valence-corrected chi connectivity index (χ1v) is 4.00. The third kappa shape index (κ3) is 629. The van der Waals surface area contributed by atoms with Crippen molar-refractivity contribution in [3.8, 4) is 0 Å². The fraction of sp³-hybridized carbons (Fsp3) is 1.00. The molecule has 0 amide bonds. The molecule has 4 heteroatoms. The Morgan fingerprint density at radius 3 is 0.333 bits per heavy atom. The summed E-state index contributed by atoms with van der Waals surface area (Å²) in [4.78, 5) is 0. The highest BCUT2D eigenvalue weighted by Crippen LogP contribution is 1.15. The first kappa shape index (κ1) is 70.7. The van der Waals surface area contributed by atoms with Crippen LogP contribution in [0.4, 0.5) is 0 Å². The van der Waals surface area contributed by atoms with Crippen LogP contribution in [0.3, 0.4) is 0 Å². The molecule has 0 atom stereocenters. The van der Waals surface area contributed by atoms with Crippen LogP contribution >= 0.6 is 50.9 Å². The first-order chi connectivity index (χ1) is 4.00. The highest BCUT2D eigenvalue weighted by Gasteiger charge is 0.938. The highest BCUT2D eigenvalue weighted by molar-refractivity contribution is 8.93. The Morgan fingerprint density at radius 1 is 0.333 bits per heavy atom. The Bertz CT molecular complexity index is 14.3. The average Bonchev–Trinajstić information content (AvgIpc) is 2.03. The van der Waals surface area contributed by atoms with Crippen molar-refractivity contribution < 1.29 is 0 Å². The molecule has 0 aromatic carbocycles. The van der Waals surface area contributed by atoms with Crippen LogP contribution in [0.25, 0.3) is 0 Å². The summed E-state index contributed by atoms with van der Waals surface area (Å²) >= 11 is 0. The predicted molar refractivity (Wildman–Crippen MR) is 81.4 cm³/mol. The molecule has 0 rings (SSSR count). The lowest BCUT2D eigenvalue weighted by atomic mass is 11.0. The number of hydrogen-bond donors (Lipinski definition) is 1.